The Bertz CT molecular complexity index is 378. The van der Waals surface area contributed by atoms with Gasteiger partial charge in [0, 0.05) is 13.6 Å². The Morgan fingerprint density at radius 3 is 2.50 bits per heavy atom. The molecule has 0 aliphatic carbocycles. The molecule has 0 unspecified atom stereocenters. The predicted octanol–water partition coefficient (Wildman–Crippen LogP) is 2.65. The van der Waals surface area contributed by atoms with Gasteiger partial charge in [-0.05, 0) is 31.8 Å². The van der Waals surface area contributed by atoms with Crippen LogP contribution in [0.4, 0.5) is 11.9 Å². The molecule has 0 saturated carbocycles. The zero-order valence-corrected chi connectivity index (χ0v) is 13.4. The van der Waals surface area contributed by atoms with E-state index in [9.17, 15) is 0 Å². The molecule has 0 saturated heterocycles. The Kier molecular flexibility index (Phi) is 8.86. The van der Waals surface area contributed by atoms with Crippen molar-refractivity contribution in [2.24, 2.45) is 0 Å². The van der Waals surface area contributed by atoms with Crippen LogP contribution in [-0.4, -0.2) is 47.2 Å². The summed E-state index contributed by atoms with van der Waals surface area (Å²) >= 11 is 1.91. The van der Waals surface area contributed by atoms with Crippen molar-refractivity contribution in [2.45, 2.75) is 32.6 Å². The maximum absolute atomic E-state index is 5.32. The predicted molar refractivity (Wildman–Crippen MR) is 85.9 cm³/mol. The Balaban J connectivity index is 2.33. The third-order valence-corrected chi connectivity index (χ3v) is 3.37. The Hall–Kier alpha value is -1.24. The van der Waals surface area contributed by atoms with Crippen LogP contribution in [0.15, 0.2) is 0 Å². The smallest absolute Gasteiger partial charge is 0.323 e. The number of ether oxygens (including phenoxy) is 1. The number of nitrogens with one attached hydrogen (secondary N) is 2. The first-order valence-corrected chi connectivity index (χ1v) is 8.49. The lowest BCUT2D eigenvalue weighted by Crippen LogP contribution is -2.10. The van der Waals surface area contributed by atoms with Gasteiger partial charge in [0.15, 0.2) is 0 Å². The molecular formula is C13H25N5OS. The van der Waals surface area contributed by atoms with E-state index in [1.54, 1.807) is 7.05 Å². The molecule has 0 amide bonds. The number of unbranched alkanes of at least 4 members (excludes halogenated alkanes) is 3. The summed E-state index contributed by atoms with van der Waals surface area (Å²) in [6.07, 6.45) is 7.09. The van der Waals surface area contributed by atoms with Crippen molar-refractivity contribution in [1.82, 2.24) is 15.0 Å². The number of nitrogens with zero attached hydrogens (tertiary/aromatic N) is 3. The molecule has 7 heteroatoms. The summed E-state index contributed by atoms with van der Waals surface area (Å²) in [5, 5.41) is 6.13. The van der Waals surface area contributed by atoms with Gasteiger partial charge in [0.2, 0.25) is 11.9 Å². The number of rotatable bonds is 11. The number of thioether (sulfide) groups is 1. The van der Waals surface area contributed by atoms with Crippen LogP contribution in [0.2, 0.25) is 0 Å². The van der Waals surface area contributed by atoms with Gasteiger partial charge < -0.3 is 15.4 Å². The van der Waals surface area contributed by atoms with E-state index in [1.165, 1.54) is 25.0 Å². The monoisotopic (exact) mass is 299 g/mol. The molecule has 20 heavy (non-hydrogen) atoms. The molecule has 0 aliphatic rings. The lowest BCUT2D eigenvalue weighted by molar-refractivity contribution is 0.312. The first-order chi connectivity index (χ1) is 9.80. The highest BCUT2D eigenvalue weighted by atomic mass is 32.2. The summed E-state index contributed by atoms with van der Waals surface area (Å²) in [7, 11) is 1.78. The zero-order valence-electron chi connectivity index (χ0n) is 12.6. The summed E-state index contributed by atoms with van der Waals surface area (Å²) in [6, 6.07) is 0.356. The summed E-state index contributed by atoms with van der Waals surface area (Å²) in [4.78, 5) is 12.6. The second-order valence-corrected chi connectivity index (χ2v) is 5.27. The second-order valence-electron chi connectivity index (χ2n) is 4.28. The molecule has 0 radical (unpaired) electrons. The van der Waals surface area contributed by atoms with Gasteiger partial charge in [-0.3, -0.25) is 0 Å². The maximum atomic E-state index is 5.32. The van der Waals surface area contributed by atoms with Crippen molar-refractivity contribution in [3.63, 3.8) is 0 Å². The first kappa shape index (κ1) is 16.8. The van der Waals surface area contributed by atoms with Gasteiger partial charge in [0.25, 0.3) is 0 Å². The van der Waals surface area contributed by atoms with Gasteiger partial charge in [-0.2, -0.15) is 26.7 Å². The van der Waals surface area contributed by atoms with E-state index in [2.05, 4.69) is 31.8 Å². The van der Waals surface area contributed by atoms with E-state index in [0.717, 1.165) is 13.0 Å². The van der Waals surface area contributed by atoms with Crippen LogP contribution < -0.4 is 15.4 Å². The second kappa shape index (κ2) is 10.5. The van der Waals surface area contributed by atoms with Gasteiger partial charge in [0.05, 0.1) is 6.61 Å². The fourth-order valence-corrected chi connectivity index (χ4v) is 2.16. The van der Waals surface area contributed by atoms with Crippen LogP contribution >= 0.6 is 11.8 Å². The van der Waals surface area contributed by atoms with Gasteiger partial charge in [-0.15, -0.1) is 0 Å². The highest BCUT2D eigenvalue weighted by Crippen LogP contribution is 2.11. The summed E-state index contributed by atoms with van der Waals surface area (Å²) in [6.45, 7) is 3.32. The van der Waals surface area contributed by atoms with Crippen molar-refractivity contribution in [2.75, 3.05) is 42.8 Å². The van der Waals surface area contributed by atoms with E-state index < -0.39 is 0 Å². The average molecular weight is 299 g/mol. The maximum Gasteiger partial charge on any atom is 0.323 e. The zero-order chi connectivity index (χ0) is 14.6. The number of hydrogen-bond acceptors (Lipinski definition) is 7. The average Bonchev–Trinajstić information content (AvgIpc) is 2.46. The summed E-state index contributed by atoms with van der Waals surface area (Å²) < 4.78 is 5.32. The van der Waals surface area contributed by atoms with Crippen LogP contribution in [0.3, 0.4) is 0 Å². The molecule has 0 aliphatic heterocycles. The van der Waals surface area contributed by atoms with Crippen molar-refractivity contribution in [3.8, 4) is 6.01 Å². The van der Waals surface area contributed by atoms with E-state index in [4.69, 9.17) is 4.74 Å². The summed E-state index contributed by atoms with van der Waals surface area (Å²) in [5.74, 6) is 2.34. The Morgan fingerprint density at radius 1 is 1.05 bits per heavy atom. The fourth-order valence-electron chi connectivity index (χ4n) is 1.67. The van der Waals surface area contributed by atoms with E-state index in [1.807, 2.05) is 18.7 Å². The molecule has 1 rings (SSSR count). The Labute approximate surface area is 125 Å². The fraction of sp³-hybridized carbons (Fsp3) is 0.769. The van der Waals surface area contributed by atoms with Crippen LogP contribution in [0, 0.1) is 0 Å². The minimum Gasteiger partial charge on any atom is -0.464 e. The minimum atomic E-state index is 0.356. The van der Waals surface area contributed by atoms with Crippen LogP contribution in [0.25, 0.3) is 0 Å². The van der Waals surface area contributed by atoms with Crippen molar-refractivity contribution in [1.29, 1.82) is 0 Å². The van der Waals surface area contributed by atoms with E-state index >= 15 is 0 Å². The first-order valence-electron chi connectivity index (χ1n) is 7.09. The molecule has 1 aromatic heterocycles. The minimum absolute atomic E-state index is 0.356. The third-order valence-electron chi connectivity index (χ3n) is 2.67. The molecule has 1 heterocycles. The standard InChI is InChI=1S/C13H25N5OS/c1-4-19-13-17-11(14-2)16-12(18-13)15-9-7-5-6-8-10-20-3/h4-10H2,1-3H3,(H2,14,15,16,17,18). The molecule has 0 spiro atoms. The Morgan fingerprint density at radius 2 is 1.80 bits per heavy atom. The number of hydrogen-bond donors (Lipinski definition) is 2. The van der Waals surface area contributed by atoms with Gasteiger partial charge >= 0.3 is 6.01 Å². The van der Waals surface area contributed by atoms with Gasteiger partial charge in [0.1, 0.15) is 0 Å². The highest BCUT2D eigenvalue weighted by molar-refractivity contribution is 7.98. The molecule has 1 aromatic rings. The third kappa shape index (κ3) is 6.79. The molecule has 114 valence electrons. The largest absolute Gasteiger partial charge is 0.464 e. The molecular weight excluding hydrogens is 274 g/mol. The summed E-state index contributed by atoms with van der Waals surface area (Å²) in [5.41, 5.74) is 0. The van der Waals surface area contributed by atoms with Crippen molar-refractivity contribution < 1.29 is 4.74 Å². The van der Waals surface area contributed by atoms with E-state index in [0.29, 0.717) is 24.5 Å². The molecule has 0 atom stereocenters. The van der Waals surface area contributed by atoms with Gasteiger partial charge in [-0.25, -0.2) is 0 Å². The van der Waals surface area contributed by atoms with E-state index in [-0.39, 0.29) is 0 Å². The van der Waals surface area contributed by atoms with Crippen molar-refractivity contribution >= 4 is 23.7 Å². The van der Waals surface area contributed by atoms with Crippen molar-refractivity contribution in [3.05, 3.63) is 0 Å². The number of anilines is 2. The molecule has 0 fully saturated rings. The lowest BCUT2D eigenvalue weighted by atomic mass is 10.2. The quantitative estimate of drug-likeness (QED) is 0.609. The molecule has 6 nitrogen and oxygen atoms in total. The molecule has 0 aromatic carbocycles. The van der Waals surface area contributed by atoms with Crippen LogP contribution in [-0.2, 0) is 0 Å². The molecule has 0 bridgehead atoms. The molecule has 2 N–H and O–H groups in total. The van der Waals surface area contributed by atoms with Crippen LogP contribution in [0.1, 0.15) is 32.6 Å². The topological polar surface area (TPSA) is 72.0 Å². The van der Waals surface area contributed by atoms with Crippen LogP contribution in [0.5, 0.6) is 6.01 Å². The highest BCUT2D eigenvalue weighted by Gasteiger charge is 2.05. The SMILES string of the molecule is CCOc1nc(NC)nc(NCCCCCCSC)n1. The lowest BCUT2D eigenvalue weighted by Gasteiger charge is -2.08. The van der Waals surface area contributed by atoms with Gasteiger partial charge in [-0.1, -0.05) is 12.8 Å². The normalized spacial score (nSPS) is 10.3. The number of aromatic nitrogens is 3.